The first-order valence-electron chi connectivity index (χ1n) is 10.7. The van der Waals surface area contributed by atoms with Crippen LogP contribution in [0.25, 0.3) is 21.9 Å². The van der Waals surface area contributed by atoms with Gasteiger partial charge in [0.1, 0.15) is 17.0 Å². The SMILES string of the molecule is COc1cc2c(OC)cccc2c([C@H](CCCOC(N)=O)c2nc3ccccc3o2)c1C(N)=O. The minimum absolute atomic E-state index is 0.100. The molecule has 1 heterocycles. The van der Waals surface area contributed by atoms with Crippen LogP contribution in [0.4, 0.5) is 4.79 Å². The lowest BCUT2D eigenvalue weighted by Crippen LogP contribution is -2.19. The van der Waals surface area contributed by atoms with Gasteiger partial charge >= 0.3 is 6.09 Å². The van der Waals surface area contributed by atoms with Gasteiger partial charge in [0, 0.05) is 5.39 Å². The molecule has 0 aliphatic heterocycles. The maximum absolute atomic E-state index is 12.7. The van der Waals surface area contributed by atoms with Crippen molar-refractivity contribution in [1.82, 2.24) is 4.98 Å². The van der Waals surface area contributed by atoms with Crippen molar-refractivity contribution in [1.29, 1.82) is 0 Å². The standard InChI is InChI=1S/C25H25N3O6/c1-31-18-11-5-7-14-16(18)13-20(32-2)22(23(26)29)21(14)15(8-6-12-33-25(27)30)24-28-17-9-3-4-10-19(17)34-24/h3-5,7,9-11,13,15H,6,8,12H2,1-2H3,(H2,26,29)(H2,27,30)/t15-/m0/s1. The molecule has 9 nitrogen and oxygen atoms in total. The average molecular weight is 463 g/mol. The van der Waals surface area contributed by atoms with E-state index in [2.05, 4.69) is 4.98 Å². The summed E-state index contributed by atoms with van der Waals surface area (Å²) in [5.74, 6) is 0.178. The molecule has 0 bridgehead atoms. The van der Waals surface area contributed by atoms with E-state index >= 15 is 0 Å². The number of nitrogens with two attached hydrogens (primary N) is 2. The third kappa shape index (κ3) is 4.32. The highest BCUT2D eigenvalue weighted by molar-refractivity contribution is 6.05. The third-order valence-electron chi connectivity index (χ3n) is 5.67. The number of fused-ring (bicyclic) bond motifs is 2. The van der Waals surface area contributed by atoms with Gasteiger partial charge < -0.3 is 30.1 Å². The van der Waals surface area contributed by atoms with Crippen molar-refractivity contribution >= 4 is 33.9 Å². The van der Waals surface area contributed by atoms with Crippen molar-refractivity contribution in [2.24, 2.45) is 11.5 Å². The first-order valence-corrected chi connectivity index (χ1v) is 10.7. The van der Waals surface area contributed by atoms with Crippen LogP contribution < -0.4 is 20.9 Å². The molecule has 3 aromatic carbocycles. The van der Waals surface area contributed by atoms with Crippen molar-refractivity contribution in [3.63, 3.8) is 0 Å². The van der Waals surface area contributed by atoms with Crippen LogP contribution in [0.15, 0.2) is 52.9 Å². The molecule has 9 heteroatoms. The van der Waals surface area contributed by atoms with Crippen molar-refractivity contribution in [3.8, 4) is 11.5 Å². The number of carbonyl (C=O) groups is 2. The van der Waals surface area contributed by atoms with Crippen LogP contribution in [0, 0.1) is 0 Å². The lowest BCUT2D eigenvalue weighted by molar-refractivity contribution is 0.0996. The Kier molecular flexibility index (Phi) is 6.53. The number of hydrogen-bond acceptors (Lipinski definition) is 7. The Labute approximate surface area is 195 Å². The van der Waals surface area contributed by atoms with Crippen LogP contribution >= 0.6 is 0 Å². The first-order chi connectivity index (χ1) is 16.4. The summed E-state index contributed by atoms with van der Waals surface area (Å²) in [5, 5.41) is 1.49. The second kappa shape index (κ2) is 9.70. The zero-order valence-electron chi connectivity index (χ0n) is 18.9. The number of oxazole rings is 1. The fraction of sp³-hybridized carbons (Fsp3) is 0.240. The van der Waals surface area contributed by atoms with E-state index in [1.807, 2.05) is 42.5 Å². The molecule has 0 aliphatic carbocycles. The molecule has 0 unspecified atom stereocenters. The highest BCUT2D eigenvalue weighted by Crippen LogP contribution is 2.43. The second-order valence-electron chi connectivity index (χ2n) is 7.67. The molecule has 1 atom stereocenters. The predicted octanol–water partition coefficient (Wildman–Crippen LogP) is 4.10. The average Bonchev–Trinajstić information content (AvgIpc) is 3.26. The third-order valence-corrected chi connectivity index (χ3v) is 5.67. The highest BCUT2D eigenvalue weighted by atomic mass is 16.5. The molecular formula is C25H25N3O6. The summed E-state index contributed by atoms with van der Waals surface area (Å²) in [6.07, 6.45) is 0.0142. The number of amides is 2. The van der Waals surface area contributed by atoms with Crippen LogP contribution in [0.5, 0.6) is 11.5 Å². The van der Waals surface area contributed by atoms with Gasteiger partial charge in [0.05, 0.1) is 32.3 Å². The molecule has 1 aromatic heterocycles. The minimum Gasteiger partial charge on any atom is -0.496 e. The van der Waals surface area contributed by atoms with E-state index in [0.717, 1.165) is 10.8 Å². The summed E-state index contributed by atoms with van der Waals surface area (Å²) >= 11 is 0. The molecule has 34 heavy (non-hydrogen) atoms. The summed E-state index contributed by atoms with van der Waals surface area (Å²) < 4.78 is 22.2. The van der Waals surface area contributed by atoms with Crippen molar-refractivity contribution in [2.45, 2.75) is 18.8 Å². The number of benzene rings is 3. The summed E-state index contributed by atoms with van der Waals surface area (Å²) in [7, 11) is 3.05. The van der Waals surface area contributed by atoms with E-state index in [0.29, 0.717) is 46.9 Å². The van der Waals surface area contributed by atoms with E-state index in [-0.39, 0.29) is 12.2 Å². The lowest BCUT2D eigenvalue weighted by atomic mass is 9.85. The number of aromatic nitrogens is 1. The van der Waals surface area contributed by atoms with E-state index in [1.54, 1.807) is 13.2 Å². The number of hydrogen-bond donors (Lipinski definition) is 2. The molecule has 0 spiro atoms. The number of para-hydroxylation sites is 2. The van der Waals surface area contributed by atoms with Crippen LogP contribution in [-0.4, -0.2) is 37.8 Å². The zero-order chi connectivity index (χ0) is 24.2. The van der Waals surface area contributed by atoms with Gasteiger partial charge in [-0.1, -0.05) is 24.3 Å². The van der Waals surface area contributed by atoms with E-state index < -0.39 is 17.9 Å². The number of rotatable bonds is 9. The van der Waals surface area contributed by atoms with Gasteiger partial charge in [-0.25, -0.2) is 9.78 Å². The molecule has 0 fully saturated rings. The first kappa shape index (κ1) is 22.9. The number of primary amides is 2. The quantitative estimate of drug-likeness (QED) is 0.356. The monoisotopic (exact) mass is 463 g/mol. The van der Waals surface area contributed by atoms with Crippen LogP contribution in [0.3, 0.4) is 0 Å². The molecule has 0 aliphatic rings. The second-order valence-corrected chi connectivity index (χ2v) is 7.67. The maximum atomic E-state index is 12.7. The zero-order valence-corrected chi connectivity index (χ0v) is 18.9. The minimum atomic E-state index is -0.854. The number of methoxy groups -OCH3 is 2. The Bertz CT molecular complexity index is 1330. The summed E-state index contributed by atoms with van der Waals surface area (Å²) in [4.78, 5) is 28.4. The Morgan fingerprint density at radius 3 is 2.44 bits per heavy atom. The molecule has 0 saturated heterocycles. The summed E-state index contributed by atoms with van der Waals surface area (Å²) in [5.41, 5.74) is 13.1. The van der Waals surface area contributed by atoms with Gasteiger partial charge in [-0.2, -0.15) is 0 Å². The maximum Gasteiger partial charge on any atom is 0.404 e. The van der Waals surface area contributed by atoms with Crippen LogP contribution in [0.2, 0.25) is 0 Å². The highest BCUT2D eigenvalue weighted by Gasteiger charge is 2.30. The normalized spacial score (nSPS) is 11.9. The molecule has 0 radical (unpaired) electrons. The van der Waals surface area contributed by atoms with Crippen molar-refractivity contribution in [2.75, 3.05) is 20.8 Å². The molecule has 4 rings (SSSR count). The molecule has 2 amide bonds. The van der Waals surface area contributed by atoms with Crippen LogP contribution in [-0.2, 0) is 4.74 Å². The van der Waals surface area contributed by atoms with Gasteiger partial charge in [-0.05, 0) is 48.1 Å². The topological polar surface area (TPSA) is 140 Å². The molecular weight excluding hydrogens is 438 g/mol. The molecule has 4 N–H and O–H groups in total. The van der Waals surface area contributed by atoms with Gasteiger partial charge in [-0.3, -0.25) is 4.79 Å². The Hall–Kier alpha value is -4.27. The summed E-state index contributed by atoms with van der Waals surface area (Å²) in [6.45, 7) is 0.100. The smallest absolute Gasteiger partial charge is 0.404 e. The number of ether oxygens (including phenoxy) is 3. The largest absolute Gasteiger partial charge is 0.496 e. The van der Waals surface area contributed by atoms with E-state index in [1.165, 1.54) is 7.11 Å². The van der Waals surface area contributed by atoms with Gasteiger partial charge in [0.2, 0.25) is 5.89 Å². The Morgan fingerprint density at radius 1 is 1.00 bits per heavy atom. The molecule has 4 aromatic rings. The molecule has 0 saturated carbocycles. The van der Waals surface area contributed by atoms with Crippen molar-refractivity contribution < 1.29 is 28.2 Å². The Morgan fingerprint density at radius 2 is 1.76 bits per heavy atom. The fourth-order valence-electron chi connectivity index (χ4n) is 4.24. The van der Waals surface area contributed by atoms with E-state index in [4.69, 9.17) is 30.1 Å². The molecule has 176 valence electrons. The Balaban J connectivity index is 1.97. The summed E-state index contributed by atoms with van der Waals surface area (Å²) in [6, 6.07) is 14.7. The van der Waals surface area contributed by atoms with Gasteiger partial charge in [0.15, 0.2) is 5.58 Å². The van der Waals surface area contributed by atoms with Crippen molar-refractivity contribution in [3.05, 3.63) is 65.5 Å². The van der Waals surface area contributed by atoms with Crippen LogP contribution in [0.1, 0.15) is 40.6 Å². The lowest BCUT2D eigenvalue weighted by Gasteiger charge is -2.22. The van der Waals surface area contributed by atoms with Gasteiger partial charge in [-0.15, -0.1) is 0 Å². The number of carbonyl (C=O) groups excluding carboxylic acids is 2. The van der Waals surface area contributed by atoms with Gasteiger partial charge in [0.25, 0.3) is 5.91 Å². The predicted molar refractivity (Wildman–Crippen MR) is 126 cm³/mol. The van der Waals surface area contributed by atoms with E-state index in [9.17, 15) is 9.59 Å². The fourth-order valence-corrected chi connectivity index (χ4v) is 4.24. The number of nitrogens with zero attached hydrogens (tertiary/aromatic N) is 1.